The van der Waals surface area contributed by atoms with Crippen LogP contribution in [0.5, 0.6) is 5.75 Å². The Kier molecular flexibility index (Phi) is 5.51. The zero-order valence-corrected chi connectivity index (χ0v) is 14.6. The van der Waals surface area contributed by atoms with Crippen molar-refractivity contribution in [2.24, 2.45) is 5.92 Å². The highest BCUT2D eigenvalue weighted by molar-refractivity contribution is 7.92. The summed E-state index contributed by atoms with van der Waals surface area (Å²) in [5, 5.41) is 2.82. The summed E-state index contributed by atoms with van der Waals surface area (Å²) >= 11 is 0. The van der Waals surface area contributed by atoms with E-state index in [1.165, 1.54) is 4.31 Å². The second-order valence-electron chi connectivity index (χ2n) is 5.98. The number of hydrogen-bond donors (Lipinski definition) is 1. The van der Waals surface area contributed by atoms with E-state index in [1.54, 1.807) is 31.2 Å². The summed E-state index contributed by atoms with van der Waals surface area (Å²) in [6.07, 6.45) is 0.0323. The van der Waals surface area contributed by atoms with E-state index in [9.17, 15) is 13.2 Å². The summed E-state index contributed by atoms with van der Waals surface area (Å²) in [5.41, 5.74) is 0.487. The van der Waals surface area contributed by atoms with Crippen LogP contribution in [-0.4, -0.2) is 39.3 Å². The van der Waals surface area contributed by atoms with Crippen LogP contribution in [0.1, 0.15) is 27.2 Å². The minimum atomic E-state index is -3.46. The lowest BCUT2D eigenvalue weighted by Crippen LogP contribution is -2.51. The number of benzene rings is 1. The number of nitrogens with one attached hydrogen (secondary N) is 1. The van der Waals surface area contributed by atoms with Gasteiger partial charge in [0, 0.05) is 6.54 Å². The molecule has 0 aliphatic carbocycles. The SMILES string of the molecule is CCS(=O)(=O)N1CC(C(=O)NCCC(C)C)Oc2ccccc21. The van der Waals surface area contributed by atoms with Gasteiger partial charge in [-0.3, -0.25) is 9.10 Å². The molecule has 7 heteroatoms. The summed E-state index contributed by atoms with van der Waals surface area (Å²) in [4.78, 5) is 12.3. The molecule has 1 atom stereocenters. The number of carbonyl (C=O) groups is 1. The van der Waals surface area contributed by atoms with Crippen LogP contribution in [0.15, 0.2) is 24.3 Å². The molecule has 128 valence electrons. The molecule has 0 saturated carbocycles. The monoisotopic (exact) mass is 340 g/mol. The van der Waals surface area contributed by atoms with E-state index in [1.807, 2.05) is 0 Å². The number of para-hydroxylation sites is 2. The lowest BCUT2D eigenvalue weighted by Gasteiger charge is -2.34. The minimum Gasteiger partial charge on any atom is -0.476 e. The number of rotatable bonds is 6. The highest BCUT2D eigenvalue weighted by Crippen LogP contribution is 2.34. The molecule has 23 heavy (non-hydrogen) atoms. The lowest BCUT2D eigenvalue weighted by atomic mass is 10.1. The molecular formula is C16H24N2O4S. The average Bonchev–Trinajstić information content (AvgIpc) is 2.53. The molecular weight excluding hydrogens is 316 g/mol. The Morgan fingerprint density at radius 2 is 2.09 bits per heavy atom. The molecule has 1 aliphatic heterocycles. The number of sulfonamides is 1. The first-order valence-electron chi connectivity index (χ1n) is 7.89. The molecule has 0 fully saturated rings. The first-order chi connectivity index (χ1) is 10.8. The van der Waals surface area contributed by atoms with E-state index < -0.39 is 16.1 Å². The van der Waals surface area contributed by atoms with Gasteiger partial charge in [-0.25, -0.2) is 8.42 Å². The maximum atomic E-state index is 12.3. The van der Waals surface area contributed by atoms with Crippen LogP contribution in [0.4, 0.5) is 5.69 Å². The van der Waals surface area contributed by atoms with Gasteiger partial charge in [-0.15, -0.1) is 0 Å². The van der Waals surface area contributed by atoms with Crippen molar-refractivity contribution in [3.8, 4) is 5.75 Å². The summed E-state index contributed by atoms with van der Waals surface area (Å²) in [6, 6.07) is 6.88. The summed E-state index contributed by atoms with van der Waals surface area (Å²) in [5.74, 6) is 0.597. The van der Waals surface area contributed by atoms with Crippen LogP contribution < -0.4 is 14.4 Å². The Labute approximate surface area is 137 Å². The second-order valence-corrected chi connectivity index (χ2v) is 8.16. The lowest BCUT2D eigenvalue weighted by molar-refractivity contribution is -0.127. The molecule has 0 spiro atoms. The van der Waals surface area contributed by atoms with E-state index >= 15 is 0 Å². The third-order valence-corrected chi connectivity index (χ3v) is 5.50. The second kappa shape index (κ2) is 7.21. The zero-order chi connectivity index (χ0) is 17.0. The Balaban J connectivity index is 2.18. The van der Waals surface area contributed by atoms with Crippen LogP contribution in [0.3, 0.4) is 0 Å². The predicted octanol–water partition coefficient (Wildman–Crippen LogP) is 1.77. The van der Waals surface area contributed by atoms with Gasteiger partial charge in [0.1, 0.15) is 5.75 Å². The number of nitrogens with zero attached hydrogens (tertiary/aromatic N) is 1. The van der Waals surface area contributed by atoms with Crippen molar-refractivity contribution in [1.82, 2.24) is 5.32 Å². The average molecular weight is 340 g/mol. The molecule has 0 saturated heterocycles. The molecule has 1 heterocycles. The quantitative estimate of drug-likeness (QED) is 0.856. The number of ether oxygens (including phenoxy) is 1. The molecule has 0 aromatic heterocycles. The van der Waals surface area contributed by atoms with Gasteiger partial charge < -0.3 is 10.1 Å². The first-order valence-corrected chi connectivity index (χ1v) is 9.50. The number of carbonyl (C=O) groups excluding carboxylic acids is 1. The van der Waals surface area contributed by atoms with Crippen LogP contribution in [0.25, 0.3) is 0 Å². The first kappa shape index (κ1) is 17.6. The normalized spacial score (nSPS) is 17.6. The maximum absolute atomic E-state index is 12.3. The van der Waals surface area contributed by atoms with E-state index in [-0.39, 0.29) is 18.2 Å². The molecule has 1 unspecified atom stereocenters. The van der Waals surface area contributed by atoms with E-state index in [0.29, 0.717) is 23.9 Å². The third kappa shape index (κ3) is 4.16. The molecule has 1 amide bonds. The maximum Gasteiger partial charge on any atom is 0.263 e. The van der Waals surface area contributed by atoms with Gasteiger partial charge in [0.25, 0.3) is 5.91 Å². The Morgan fingerprint density at radius 1 is 1.39 bits per heavy atom. The number of hydrogen-bond acceptors (Lipinski definition) is 4. The largest absolute Gasteiger partial charge is 0.476 e. The smallest absolute Gasteiger partial charge is 0.263 e. The topological polar surface area (TPSA) is 75.7 Å². The van der Waals surface area contributed by atoms with E-state index in [2.05, 4.69) is 19.2 Å². The predicted molar refractivity (Wildman–Crippen MR) is 90.1 cm³/mol. The standard InChI is InChI=1S/C16H24N2O4S/c1-4-23(20,21)18-11-15(16(19)17-10-9-12(2)3)22-14-8-6-5-7-13(14)18/h5-8,12,15H,4,9-11H2,1-3H3,(H,17,19). The molecule has 1 N–H and O–H groups in total. The zero-order valence-electron chi connectivity index (χ0n) is 13.8. The molecule has 0 radical (unpaired) electrons. The van der Waals surface area contributed by atoms with Crippen molar-refractivity contribution in [1.29, 1.82) is 0 Å². The number of anilines is 1. The fourth-order valence-electron chi connectivity index (χ4n) is 2.36. The molecule has 1 aromatic rings. The van der Waals surface area contributed by atoms with Crippen molar-refractivity contribution in [3.05, 3.63) is 24.3 Å². The van der Waals surface area contributed by atoms with E-state index in [0.717, 1.165) is 6.42 Å². The molecule has 0 bridgehead atoms. The Bertz CT molecular complexity index is 658. The highest BCUT2D eigenvalue weighted by atomic mass is 32.2. The third-order valence-electron chi connectivity index (χ3n) is 3.75. The summed E-state index contributed by atoms with van der Waals surface area (Å²) in [7, 11) is -3.46. The van der Waals surface area contributed by atoms with Gasteiger partial charge in [-0.2, -0.15) is 0 Å². The van der Waals surface area contributed by atoms with Crippen LogP contribution >= 0.6 is 0 Å². The van der Waals surface area contributed by atoms with Gasteiger partial charge in [0.05, 0.1) is 18.0 Å². The molecule has 1 aliphatic rings. The highest BCUT2D eigenvalue weighted by Gasteiger charge is 2.35. The summed E-state index contributed by atoms with van der Waals surface area (Å²) < 4.78 is 31.6. The molecule has 1 aromatic carbocycles. The summed E-state index contributed by atoms with van der Waals surface area (Å²) in [6.45, 7) is 6.30. The minimum absolute atomic E-state index is 0.000693. The van der Waals surface area contributed by atoms with Crippen LogP contribution in [0.2, 0.25) is 0 Å². The Hall–Kier alpha value is -1.76. The molecule has 2 rings (SSSR count). The van der Waals surface area contributed by atoms with Crippen molar-refractivity contribution in [2.75, 3.05) is 23.1 Å². The van der Waals surface area contributed by atoms with Crippen molar-refractivity contribution >= 4 is 21.6 Å². The molecule has 6 nitrogen and oxygen atoms in total. The fraction of sp³-hybridized carbons (Fsp3) is 0.562. The van der Waals surface area contributed by atoms with Gasteiger partial charge in [0.2, 0.25) is 10.0 Å². The number of fused-ring (bicyclic) bond motifs is 1. The van der Waals surface area contributed by atoms with Crippen LogP contribution in [-0.2, 0) is 14.8 Å². The Morgan fingerprint density at radius 3 is 2.74 bits per heavy atom. The van der Waals surface area contributed by atoms with Crippen molar-refractivity contribution in [2.45, 2.75) is 33.3 Å². The van der Waals surface area contributed by atoms with Crippen molar-refractivity contribution in [3.63, 3.8) is 0 Å². The fourth-order valence-corrected chi connectivity index (χ4v) is 3.48. The van der Waals surface area contributed by atoms with E-state index in [4.69, 9.17) is 4.74 Å². The van der Waals surface area contributed by atoms with Gasteiger partial charge in [-0.1, -0.05) is 26.0 Å². The van der Waals surface area contributed by atoms with Gasteiger partial charge >= 0.3 is 0 Å². The van der Waals surface area contributed by atoms with Crippen LogP contribution in [0, 0.1) is 5.92 Å². The van der Waals surface area contributed by atoms with Crippen molar-refractivity contribution < 1.29 is 17.9 Å². The van der Waals surface area contributed by atoms with Gasteiger partial charge in [0.15, 0.2) is 6.10 Å². The number of amides is 1. The van der Waals surface area contributed by atoms with Gasteiger partial charge in [-0.05, 0) is 31.4 Å².